The second-order valence-electron chi connectivity index (χ2n) is 6.39. The lowest BCUT2D eigenvalue weighted by atomic mass is 10.1. The molecule has 0 unspecified atom stereocenters. The van der Waals surface area contributed by atoms with Crippen molar-refractivity contribution in [3.05, 3.63) is 71.8 Å². The minimum Gasteiger partial charge on any atom is -0.491 e. The number of rotatable bonds is 6. The van der Waals surface area contributed by atoms with Crippen LogP contribution in [0.2, 0.25) is 0 Å². The predicted octanol–water partition coefficient (Wildman–Crippen LogP) is 3.67. The molecule has 3 rings (SSSR count). The summed E-state index contributed by atoms with van der Waals surface area (Å²) in [5, 5.41) is 7.03. The zero-order valence-corrected chi connectivity index (χ0v) is 15.1. The second kappa shape index (κ2) is 7.82. The van der Waals surface area contributed by atoms with Crippen LogP contribution in [-0.4, -0.2) is 26.8 Å². The molecule has 26 heavy (non-hydrogen) atoms. The average Bonchev–Trinajstić information content (AvgIpc) is 3.10. The summed E-state index contributed by atoms with van der Waals surface area (Å²) in [4.78, 5) is 16.4. The third kappa shape index (κ3) is 4.47. The van der Waals surface area contributed by atoms with Crippen LogP contribution in [0.4, 0.5) is 5.69 Å². The van der Waals surface area contributed by atoms with Gasteiger partial charge < -0.3 is 10.1 Å². The van der Waals surface area contributed by atoms with Crippen molar-refractivity contribution in [1.29, 1.82) is 0 Å². The van der Waals surface area contributed by atoms with Gasteiger partial charge in [-0.2, -0.15) is 5.10 Å². The second-order valence-corrected chi connectivity index (χ2v) is 6.39. The van der Waals surface area contributed by atoms with E-state index in [4.69, 9.17) is 4.74 Å². The molecule has 0 bridgehead atoms. The van der Waals surface area contributed by atoms with Crippen LogP contribution in [0, 0.1) is 6.92 Å². The molecular weight excluding hydrogens is 328 g/mol. The van der Waals surface area contributed by atoms with Crippen LogP contribution in [0.5, 0.6) is 5.75 Å². The Kier molecular flexibility index (Phi) is 5.31. The molecule has 1 aromatic heterocycles. The van der Waals surface area contributed by atoms with Gasteiger partial charge in [0, 0.05) is 11.3 Å². The van der Waals surface area contributed by atoms with E-state index in [9.17, 15) is 4.79 Å². The highest BCUT2D eigenvalue weighted by Gasteiger charge is 2.09. The van der Waals surface area contributed by atoms with Gasteiger partial charge in [-0.15, -0.1) is 0 Å². The molecule has 1 N–H and O–H groups in total. The van der Waals surface area contributed by atoms with Gasteiger partial charge in [0.05, 0.1) is 12.6 Å². The number of carbonyl (C=O) groups is 1. The Labute approximate surface area is 152 Å². The van der Waals surface area contributed by atoms with Crippen molar-refractivity contribution in [2.24, 2.45) is 0 Å². The number of benzene rings is 2. The lowest BCUT2D eigenvalue weighted by molar-refractivity contribution is 0.102. The van der Waals surface area contributed by atoms with Crippen LogP contribution in [0.1, 0.15) is 35.3 Å². The zero-order chi connectivity index (χ0) is 18.5. The summed E-state index contributed by atoms with van der Waals surface area (Å²) in [5.41, 5.74) is 3.39. The molecule has 0 fully saturated rings. The molecule has 1 heterocycles. The number of anilines is 1. The largest absolute Gasteiger partial charge is 0.491 e. The Morgan fingerprint density at radius 3 is 2.58 bits per heavy atom. The van der Waals surface area contributed by atoms with E-state index in [1.165, 1.54) is 6.33 Å². The number of nitrogens with zero attached hydrogens (tertiary/aromatic N) is 3. The maximum absolute atomic E-state index is 12.5. The van der Waals surface area contributed by atoms with E-state index in [1.54, 1.807) is 11.0 Å². The number of aryl methyl sites for hydroxylation is 1. The molecule has 6 nitrogen and oxygen atoms in total. The van der Waals surface area contributed by atoms with Crippen molar-refractivity contribution in [3.63, 3.8) is 0 Å². The standard InChI is InChI=1S/C20H22N4O2/c1-14(2)26-18-8-9-19(15(3)10-18)23-20(25)17-6-4-16(5-7-17)11-24-13-21-12-22-24/h4-10,12-14H,11H2,1-3H3,(H,23,25). The van der Waals surface area contributed by atoms with Crippen molar-refractivity contribution in [1.82, 2.24) is 14.8 Å². The van der Waals surface area contributed by atoms with Gasteiger partial charge in [0.2, 0.25) is 0 Å². The normalized spacial score (nSPS) is 10.8. The van der Waals surface area contributed by atoms with Gasteiger partial charge in [0.15, 0.2) is 0 Å². The number of nitrogens with one attached hydrogen (secondary N) is 1. The number of hydrogen-bond donors (Lipinski definition) is 1. The Bertz CT molecular complexity index is 871. The molecule has 0 atom stereocenters. The van der Waals surface area contributed by atoms with Gasteiger partial charge in [0.25, 0.3) is 5.91 Å². The third-order valence-electron chi connectivity index (χ3n) is 3.85. The monoisotopic (exact) mass is 350 g/mol. The van der Waals surface area contributed by atoms with Gasteiger partial charge in [-0.05, 0) is 62.2 Å². The van der Waals surface area contributed by atoms with Crippen molar-refractivity contribution < 1.29 is 9.53 Å². The Hall–Kier alpha value is -3.15. The number of aromatic nitrogens is 3. The van der Waals surface area contributed by atoms with Crippen LogP contribution in [0.25, 0.3) is 0 Å². The van der Waals surface area contributed by atoms with Gasteiger partial charge in [-0.3, -0.25) is 4.79 Å². The number of amides is 1. The Balaban J connectivity index is 1.66. The first-order valence-electron chi connectivity index (χ1n) is 8.51. The minimum absolute atomic E-state index is 0.117. The summed E-state index contributed by atoms with van der Waals surface area (Å²) < 4.78 is 7.41. The molecule has 134 valence electrons. The van der Waals surface area contributed by atoms with Crippen molar-refractivity contribution >= 4 is 11.6 Å². The molecule has 1 amide bonds. The molecule has 0 aliphatic carbocycles. The SMILES string of the molecule is Cc1cc(OC(C)C)ccc1NC(=O)c1ccc(Cn2cncn2)cc1. The fourth-order valence-electron chi connectivity index (χ4n) is 2.58. The molecule has 0 saturated heterocycles. The van der Waals surface area contributed by atoms with E-state index in [2.05, 4.69) is 15.4 Å². The summed E-state index contributed by atoms with van der Waals surface area (Å²) >= 11 is 0. The molecule has 0 aliphatic heterocycles. The van der Waals surface area contributed by atoms with Gasteiger partial charge >= 0.3 is 0 Å². The smallest absolute Gasteiger partial charge is 0.255 e. The summed E-state index contributed by atoms with van der Waals surface area (Å²) in [5.74, 6) is 0.658. The Morgan fingerprint density at radius 1 is 1.19 bits per heavy atom. The molecule has 3 aromatic rings. The van der Waals surface area contributed by atoms with Crippen LogP contribution < -0.4 is 10.1 Å². The number of hydrogen-bond acceptors (Lipinski definition) is 4. The molecule has 0 radical (unpaired) electrons. The third-order valence-corrected chi connectivity index (χ3v) is 3.85. The average molecular weight is 350 g/mol. The minimum atomic E-state index is -0.141. The van der Waals surface area contributed by atoms with E-state index < -0.39 is 0 Å². The fraction of sp³-hybridized carbons (Fsp3) is 0.250. The maximum atomic E-state index is 12.5. The first-order valence-corrected chi connectivity index (χ1v) is 8.51. The highest BCUT2D eigenvalue weighted by molar-refractivity contribution is 6.04. The quantitative estimate of drug-likeness (QED) is 0.736. The maximum Gasteiger partial charge on any atom is 0.255 e. The summed E-state index contributed by atoms with van der Waals surface area (Å²) in [6, 6.07) is 13.1. The lowest BCUT2D eigenvalue weighted by Crippen LogP contribution is -2.13. The van der Waals surface area contributed by atoms with Gasteiger partial charge in [-0.25, -0.2) is 9.67 Å². The zero-order valence-electron chi connectivity index (χ0n) is 15.1. The molecule has 0 saturated carbocycles. The van der Waals surface area contributed by atoms with E-state index in [1.807, 2.05) is 63.2 Å². The molecule has 0 aliphatic rings. The molecule has 0 spiro atoms. The molecule has 2 aromatic carbocycles. The summed E-state index contributed by atoms with van der Waals surface area (Å²) in [7, 11) is 0. The van der Waals surface area contributed by atoms with E-state index in [0.717, 1.165) is 22.6 Å². The fourth-order valence-corrected chi connectivity index (χ4v) is 2.58. The van der Waals surface area contributed by atoms with E-state index >= 15 is 0 Å². The van der Waals surface area contributed by atoms with Crippen molar-refractivity contribution in [2.75, 3.05) is 5.32 Å². The van der Waals surface area contributed by atoms with Crippen LogP contribution in [0.15, 0.2) is 55.1 Å². The predicted molar refractivity (Wildman–Crippen MR) is 100 cm³/mol. The van der Waals surface area contributed by atoms with Crippen molar-refractivity contribution in [3.8, 4) is 5.75 Å². The number of carbonyl (C=O) groups excluding carboxylic acids is 1. The summed E-state index contributed by atoms with van der Waals surface area (Å²) in [6.45, 7) is 6.54. The molecule has 6 heteroatoms. The molecular formula is C20H22N4O2. The van der Waals surface area contributed by atoms with Crippen LogP contribution in [-0.2, 0) is 6.54 Å². The van der Waals surface area contributed by atoms with E-state index in [0.29, 0.717) is 12.1 Å². The first kappa shape index (κ1) is 17.7. The summed E-state index contributed by atoms with van der Waals surface area (Å²) in [6.07, 6.45) is 3.28. The van der Waals surface area contributed by atoms with Gasteiger partial charge in [-0.1, -0.05) is 12.1 Å². The van der Waals surface area contributed by atoms with Crippen molar-refractivity contribution in [2.45, 2.75) is 33.4 Å². The highest BCUT2D eigenvalue weighted by atomic mass is 16.5. The van der Waals surface area contributed by atoms with E-state index in [-0.39, 0.29) is 12.0 Å². The first-order chi connectivity index (χ1) is 12.5. The topological polar surface area (TPSA) is 69.0 Å². The van der Waals surface area contributed by atoms with Crippen LogP contribution >= 0.6 is 0 Å². The van der Waals surface area contributed by atoms with Crippen LogP contribution in [0.3, 0.4) is 0 Å². The lowest BCUT2D eigenvalue weighted by Gasteiger charge is -2.13. The Morgan fingerprint density at radius 2 is 1.96 bits per heavy atom. The number of ether oxygens (including phenoxy) is 1. The highest BCUT2D eigenvalue weighted by Crippen LogP contribution is 2.23. The van der Waals surface area contributed by atoms with Gasteiger partial charge in [0.1, 0.15) is 18.4 Å².